The number of nitrogens with one attached hydrogen (secondary N) is 2. The average Bonchev–Trinajstić information content (AvgIpc) is 3.56. The fourth-order valence-corrected chi connectivity index (χ4v) is 6.17. The second-order valence-electron chi connectivity index (χ2n) is 12.0. The van der Waals surface area contributed by atoms with Crippen LogP contribution in [-0.2, 0) is 6.61 Å². The summed E-state index contributed by atoms with van der Waals surface area (Å²) in [6.45, 7) is 1.51. The fourth-order valence-electron chi connectivity index (χ4n) is 6.17. The van der Waals surface area contributed by atoms with Crippen LogP contribution in [0.4, 0.5) is 10.2 Å². The molecule has 4 aromatic heterocycles. The number of aliphatic hydroxyl groups is 2. The lowest BCUT2D eigenvalue weighted by Gasteiger charge is -2.33. The zero-order valence-corrected chi connectivity index (χ0v) is 23.8. The van der Waals surface area contributed by atoms with Gasteiger partial charge in [-0.05, 0) is 98.4 Å². The van der Waals surface area contributed by atoms with Crippen molar-refractivity contribution >= 4 is 22.8 Å². The zero-order chi connectivity index (χ0) is 29.7. The van der Waals surface area contributed by atoms with Crippen LogP contribution >= 0.6 is 0 Å². The van der Waals surface area contributed by atoms with Gasteiger partial charge in [0.1, 0.15) is 23.0 Å². The number of amides is 1. The number of carbonyl (C=O) groups excluding carboxylic acids is 1. The first kappa shape index (κ1) is 27.4. The van der Waals surface area contributed by atoms with E-state index in [2.05, 4.69) is 29.8 Å². The Morgan fingerprint density at radius 1 is 1.07 bits per heavy atom. The topological polar surface area (TPSA) is 129 Å². The van der Waals surface area contributed by atoms with Gasteiger partial charge in [0, 0.05) is 35.6 Å². The van der Waals surface area contributed by atoms with Gasteiger partial charge in [-0.1, -0.05) is 6.07 Å². The Hall–Kier alpha value is -4.41. The summed E-state index contributed by atoms with van der Waals surface area (Å²) in [6, 6.07) is 10.6. The number of nitrogens with zero attached hydrogens (tertiary/aromatic N) is 4. The summed E-state index contributed by atoms with van der Waals surface area (Å²) in [6.07, 6.45) is 12.5. The monoisotopic (exact) mass is 580 g/mol. The Kier molecular flexibility index (Phi) is 6.82. The number of carbonyl (C=O) groups is 1. The molecule has 4 N–H and O–H groups in total. The van der Waals surface area contributed by atoms with E-state index < -0.39 is 17.3 Å². The van der Waals surface area contributed by atoms with Gasteiger partial charge in [-0.3, -0.25) is 4.79 Å². The summed E-state index contributed by atoms with van der Waals surface area (Å²) in [5.74, 6) is -0.651. The molecule has 43 heavy (non-hydrogen) atoms. The molecule has 7 rings (SSSR count). The largest absolute Gasteiger partial charge is 0.392 e. The van der Waals surface area contributed by atoms with Crippen molar-refractivity contribution in [2.24, 2.45) is 0 Å². The molecular formula is C33H33FN6O3. The lowest BCUT2D eigenvalue weighted by Crippen LogP contribution is -2.31. The molecule has 1 aromatic carbocycles. The van der Waals surface area contributed by atoms with E-state index in [0.717, 1.165) is 66.4 Å². The number of H-pyrrole nitrogens is 1. The third-order valence-corrected chi connectivity index (χ3v) is 8.89. The second kappa shape index (κ2) is 10.7. The molecule has 2 aliphatic carbocycles. The van der Waals surface area contributed by atoms with Crippen LogP contribution in [-0.4, -0.2) is 46.2 Å². The number of aromatic amines is 1. The summed E-state index contributed by atoms with van der Waals surface area (Å²) >= 11 is 0. The van der Waals surface area contributed by atoms with E-state index >= 15 is 0 Å². The number of hydrogen-bond donors (Lipinski definition) is 4. The van der Waals surface area contributed by atoms with E-state index in [4.69, 9.17) is 0 Å². The number of imidazole rings is 1. The summed E-state index contributed by atoms with van der Waals surface area (Å²) in [5.41, 5.74) is 4.36. The Balaban J connectivity index is 1.18. The molecule has 0 atom stereocenters. The fraction of sp³-hybridized carbons (Fsp3) is 0.333. The molecule has 1 amide bonds. The van der Waals surface area contributed by atoms with Crippen molar-refractivity contribution < 1.29 is 19.4 Å². The molecule has 2 aliphatic rings. The molecule has 220 valence electrons. The van der Waals surface area contributed by atoms with E-state index in [1.165, 1.54) is 12.1 Å². The normalized spacial score (nSPS) is 20.4. The Morgan fingerprint density at radius 2 is 1.84 bits per heavy atom. The van der Waals surface area contributed by atoms with E-state index in [1.54, 1.807) is 24.5 Å². The van der Waals surface area contributed by atoms with E-state index in [0.29, 0.717) is 28.7 Å². The van der Waals surface area contributed by atoms with Crippen molar-refractivity contribution in [1.29, 1.82) is 0 Å². The highest BCUT2D eigenvalue weighted by molar-refractivity contribution is 6.05. The average molecular weight is 581 g/mol. The number of halogens is 1. The molecule has 0 spiro atoms. The third kappa shape index (κ3) is 5.32. The number of anilines is 1. The van der Waals surface area contributed by atoms with Gasteiger partial charge in [0.2, 0.25) is 0 Å². The molecule has 0 unspecified atom stereocenters. The van der Waals surface area contributed by atoms with Gasteiger partial charge in [0.05, 0.1) is 29.8 Å². The summed E-state index contributed by atoms with van der Waals surface area (Å²) < 4.78 is 16.9. The number of pyridine rings is 2. The number of aromatic nitrogens is 5. The standard InChI is InChI=1S/C33H33FN6O3/c1-33(43)10-6-21(7-11-33)40-16-29(37-18-40)28-15-25-22(8-12-35-30(25)38-28)23-9-13-36-31(26(23)17-41)39-32(42)24-5-4-20(14-27(24)34)19-2-3-19/h4-5,8-9,12-16,18-19,21,41,43H,2-3,6-7,10-11,17H2,1H3,(H,35,38)(H,36,39,42). The first-order valence-electron chi connectivity index (χ1n) is 14.7. The third-order valence-electron chi connectivity index (χ3n) is 8.89. The Bertz CT molecular complexity index is 1830. The van der Waals surface area contributed by atoms with Gasteiger partial charge in [0.15, 0.2) is 0 Å². The smallest absolute Gasteiger partial charge is 0.259 e. The van der Waals surface area contributed by atoms with Crippen molar-refractivity contribution in [1.82, 2.24) is 24.5 Å². The van der Waals surface area contributed by atoms with Crippen LogP contribution < -0.4 is 5.32 Å². The summed E-state index contributed by atoms with van der Waals surface area (Å²) in [4.78, 5) is 29.9. The van der Waals surface area contributed by atoms with Gasteiger partial charge in [-0.15, -0.1) is 0 Å². The van der Waals surface area contributed by atoms with Crippen molar-refractivity contribution in [3.8, 4) is 22.5 Å². The van der Waals surface area contributed by atoms with Crippen molar-refractivity contribution in [2.45, 2.75) is 69.6 Å². The number of hydrogen-bond acceptors (Lipinski definition) is 6. The van der Waals surface area contributed by atoms with Crippen LogP contribution in [0.15, 0.2) is 61.3 Å². The minimum absolute atomic E-state index is 0.0693. The molecule has 2 saturated carbocycles. The van der Waals surface area contributed by atoms with Crippen molar-refractivity contribution in [3.05, 3.63) is 83.8 Å². The highest BCUT2D eigenvalue weighted by Gasteiger charge is 2.30. The van der Waals surface area contributed by atoms with E-state index in [-0.39, 0.29) is 18.0 Å². The highest BCUT2D eigenvalue weighted by Crippen LogP contribution is 2.41. The quantitative estimate of drug-likeness (QED) is 0.184. The minimum Gasteiger partial charge on any atom is -0.392 e. The lowest BCUT2D eigenvalue weighted by atomic mass is 9.83. The minimum atomic E-state index is -0.625. The maximum absolute atomic E-state index is 14.8. The van der Waals surface area contributed by atoms with E-state index in [9.17, 15) is 19.4 Å². The number of benzene rings is 1. The van der Waals surface area contributed by atoms with Crippen LogP contribution in [0.5, 0.6) is 0 Å². The molecule has 0 bridgehead atoms. The van der Waals surface area contributed by atoms with Gasteiger partial charge >= 0.3 is 0 Å². The molecule has 9 nitrogen and oxygen atoms in total. The van der Waals surface area contributed by atoms with Crippen LogP contribution in [0, 0.1) is 5.82 Å². The SMILES string of the molecule is CC1(O)CCC(n2cnc(-c3cc4c(-c5ccnc(NC(=O)c6ccc(C7CC7)cc6F)c5CO)ccnc4[nH]3)c2)CC1. The highest BCUT2D eigenvalue weighted by atomic mass is 19.1. The zero-order valence-electron chi connectivity index (χ0n) is 23.8. The van der Waals surface area contributed by atoms with Gasteiger partial charge in [-0.25, -0.2) is 19.3 Å². The maximum atomic E-state index is 14.8. The maximum Gasteiger partial charge on any atom is 0.259 e. The number of aliphatic hydroxyl groups excluding tert-OH is 1. The predicted molar refractivity (Wildman–Crippen MR) is 161 cm³/mol. The predicted octanol–water partition coefficient (Wildman–Crippen LogP) is 6.12. The Morgan fingerprint density at radius 3 is 2.58 bits per heavy atom. The second-order valence-corrected chi connectivity index (χ2v) is 12.0. The van der Waals surface area contributed by atoms with Crippen LogP contribution in [0.3, 0.4) is 0 Å². The number of rotatable bonds is 7. The molecule has 4 heterocycles. The molecule has 0 aliphatic heterocycles. The lowest BCUT2D eigenvalue weighted by molar-refractivity contribution is 0.00993. The molecule has 0 saturated heterocycles. The van der Waals surface area contributed by atoms with Crippen molar-refractivity contribution in [2.75, 3.05) is 5.32 Å². The van der Waals surface area contributed by atoms with Crippen LogP contribution in [0.25, 0.3) is 33.5 Å². The van der Waals surface area contributed by atoms with Crippen LogP contribution in [0.2, 0.25) is 0 Å². The van der Waals surface area contributed by atoms with Gasteiger partial charge in [-0.2, -0.15) is 0 Å². The summed E-state index contributed by atoms with van der Waals surface area (Å²) in [7, 11) is 0. The number of fused-ring (bicyclic) bond motifs is 1. The molecular weight excluding hydrogens is 547 g/mol. The van der Waals surface area contributed by atoms with Gasteiger partial charge < -0.3 is 25.1 Å². The van der Waals surface area contributed by atoms with Crippen LogP contribution in [0.1, 0.15) is 78.9 Å². The summed E-state index contributed by atoms with van der Waals surface area (Å²) in [5, 5.41) is 24.2. The molecule has 2 fully saturated rings. The Labute approximate surface area is 247 Å². The van der Waals surface area contributed by atoms with Gasteiger partial charge in [0.25, 0.3) is 5.91 Å². The van der Waals surface area contributed by atoms with Crippen molar-refractivity contribution in [3.63, 3.8) is 0 Å². The molecule has 10 heteroatoms. The first-order chi connectivity index (χ1) is 20.8. The molecule has 0 radical (unpaired) electrons. The van der Waals surface area contributed by atoms with E-state index in [1.807, 2.05) is 31.6 Å². The first-order valence-corrected chi connectivity index (χ1v) is 14.7. The molecule has 5 aromatic rings.